The van der Waals surface area contributed by atoms with Crippen LogP contribution in [-0.2, 0) is 0 Å². The van der Waals surface area contributed by atoms with Crippen LogP contribution in [0, 0.1) is 0 Å². The van der Waals surface area contributed by atoms with Crippen LogP contribution in [0.4, 0.5) is 13.2 Å². The summed E-state index contributed by atoms with van der Waals surface area (Å²) in [5, 5.41) is 0. The molecule has 0 aromatic rings. The highest BCUT2D eigenvalue weighted by Gasteiger charge is 2.42. The van der Waals surface area contributed by atoms with Gasteiger partial charge in [0.25, 0.3) is 0 Å². The molecule has 0 atom stereocenters. The molecule has 0 aromatic carbocycles. The number of nitrogens with two attached hydrogens (primary N) is 1. The number of rotatable bonds is 2. The second-order valence-corrected chi connectivity index (χ2v) is 3.48. The predicted molar refractivity (Wildman–Crippen MR) is 39.7 cm³/mol. The van der Waals surface area contributed by atoms with Crippen molar-refractivity contribution >= 4 is 0 Å². The van der Waals surface area contributed by atoms with E-state index in [1.165, 1.54) is 4.90 Å². The van der Waals surface area contributed by atoms with Crippen LogP contribution >= 0.6 is 0 Å². The highest BCUT2D eigenvalue weighted by molar-refractivity contribution is 4.99. The van der Waals surface area contributed by atoms with Crippen LogP contribution in [0.25, 0.3) is 0 Å². The van der Waals surface area contributed by atoms with E-state index in [-0.39, 0.29) is 5.54 Å². The zero-order valence-corrected chi connectivity index (χ0v) is 6.99. The third-order valence-corrected chi connectivity index (χ3v) is 2.18. The first-order valence-electron chi connectivity index (χ1n) is 3.93. The molecule has 0 aromatic heterocycles. The highest BCUT2D eigenvalue weighted by atomic mass is 19.4. The van der Waals surface area contributed by atoms with Crippen molar-refractivity contribution in [1.82, 2.24) is 4.90 Å². The van der Waals surface area contributed by atoms with Crippen LogP contribution in [-0.4, -0.2) is 36.2 Å². The summed E-state index contributed by atoms with van der Waals surface area (Å²) in [6.07, 6.45) is -3.35. The molecule has 0 unspecified atom stereocenters. The lowest BCUT2D eigenvalue weighted by Crippen LogP contribution is -2.68. The standard InChI is InChI=1S/C7H13F3N2/c1-2-6(11)3-12(4-6)5-7(8,9)10/h2-5,11H2,1H3. The minimum Gasteiger partial charge on any atom is -0.323 e. The minimum atomic E-state index is -4.09. The molecular formula is C7H13F3N2. The van der Waals surface area contributed by atoms with E-state index < -0.39 is 12.7 Å². The molecule has 1 aliphatic heterocycles. The highest BCUT2D eigenvalue weighted by Crippen LogP contribution is 2.25. The molecule has 0 amide bonds. The number of alkyl halides is 3. The Bertz CT molecular complexity index is 161. The summed E-state index contributed by atoms with van der Waals surface area (Å²) >= 11 is 0. The monoisotopic (exact) mass is 182 g/mol. The van der Waals surface area contributed by atoms with Crippen molar-refractivity contribution in [2.24, 2.45) is 5.73 Å². The molecule has 0 spiro atoms. The van der Waals surface area contributed by atoms with Crippen molar-refractivity contribution in [3.8, 4) is 0 Å². The summed E-state index contributed by atoms with van der Waals surface area (Å²) in [7, 11) is 0. The zero-order valence-electron chi connectivity index (χ0n) is 6.99. The van der Waals surface area contributed by atoms with Gasteiger partial charge in [0.05, 0.1) is 6.54 Å². The molecule has 5 heteroatoms. The molecule has 1 rings (SSSR count). The second-order valence-electron chi connectivity index (χ2n) is 3.48. The smallest absolute Gasteiger partial charge is 0.323 e. The van der Waals surface area contributed by atoms with Crippen molar-refractivity contribution in [3.63, 3.8) is 0 Å². The molecule has 72 valence electrons. The lowest BCUT2D eigenvalue weighted by atomic mass is 9.88. The Morgan fingerprint density at radius 1 is 1.42 bits per heavy atom. The first-order chi connectivity index (χ1) is 5.35. The summed E-state index contributed by atoms with van der Waals surface area (Å²) in [6.45, 7) is 1.79. The average molecular weight is 182 g/mol. The topological polar surface area (TPSA) is 29.3 Å². The molecule has 1 aliphatic rings. The maximum atomic E-state index is 11.8. The van der Waals surface area contributed by atoms with Gasteiger partial charge in [0.1, 0.15) is 0 Å². The molecular weight excluding hydrogens is 169 g/mol. The van der Waals surface area contributed by atoms with Gasteiger partial charge in [-0.2, -0.15) is 13.2 Å². The molecule has 2 nitrogen and oxygen atoms in total. The van der Waals surface area contributed by atoms with Crippen LogP contribution in [0.15, 0.2) is 0 Å². The Kier molecular flexibility index (Phi) is 2.35. The van der Waals surface area contributed by atoms with E-state index in [9.17, 15) is 13.2 Å². The van der Waals surface area contributed by atoms with E-state index in [1.807, 2.05) is 6.92 Å². The van der Waals surface area contributed by atoms with Gasteiger partial charge in [-0.25, -0.2) is 0 Å². The zero-order chi connectivity index (χ0) is 9.41. The Balaban J connectivity index is 2.26. The molecule has 1 heterocycles. The Morgan fingerprint density at radius 3 is 2.25 bits per heavy atom. The fraction of sp³-hybridized carbons (Fsp3) is 1.00. The van der Waals surface area contributed by atoms with Crippen LogP contribution in [0.5, 0.6) is 0 Å². The van der Waals surface area contributed by atoms with Crippen LogP contribution in [0.3, 0.4) is 0 Å². The van der Waals surface area contributed by atoms with E-state index in [2.05, 4.69) is 0 Å². The number of hydrogen-bond acceptors (Lipinski definition) is 2. The number of halogens is 3. The van der Waals surface area contributed by atoms with Gasteiger partial charge in [0, 0.05) is 18.6 Å². The molecule has 0 aliphatic carbocycles. The van der Waals surface area contributed by atoms with Crippen molar-refractivity contribution < 1.29 is 13.2 Å². The Morgan fingerprint density at radius 2 is 1.92 bits per heavy atom. The number of hydrogen-bond donors (Lipinski definition) is 1. The maximum absolute atomic E-state index is 11.8. The molecule has 0 saturated carbocycles. The van der Waals surface area contributed by atoms with Gasteiger partial charge in [0.2, 0.25) is 0 Å². The van der Waals surface area contributed by atoms with Gasteiger partial charge >= 0.3 is 6.18 Å². The fourth-order valence-electron chi connectivity index (χ4n) is 1.43. The van der Waals surface area contributed by atoms with E-state index in [0.29, 0.717) is 13.1 Å². The van der Waals surface area contributed by atoms with Crippen molar-refractivity contribution in [1.29, 1.82) is 0 Å². The van der Waals surface area contributed by atoms with Crippen LogP contribution in [0.2, 0.25) is 0 Å². The quantitative estimate of drug-likeness (QED) is 0.689. The lowest BCUT2D eigenvalue weighted by Gasteiger charge is -2.47. The van der Waals surface area contributed by atoms with Crippen LogP contribution < -0.4 is 5.73 Å². The van der Waals surface area contributed by atoms with Crippen molar-refractivity contribution in [2.75, 3.05) is 19.6 Å². The van der Waals surface area contributed by atoms with E-state index in [4.69, 9.17) is 5.73 Å². The summed E-state index contributed by atoms with van der Waals surface area (Å²) in [5.41, 5.74) is 5.33. The average Bonchev–Trinajstić information content (AvgIpc) is 1.81. The fourth-order valence-corrected chi connectivity index (χ4v) is 1.43. The summed E-state index contributed by atoms with van der Waals surface area (Å²) in [5.74, 6) is 0. The SMILES string of the molecule is CCC1(N)CN(CC(F)(F)F)C1. The first kappa shape index (κ1) is 9.80. The molecule has 1 saturated heterocycles. The summed E-state index contributed by atoms with van der Waals surface area (Å²) in [6, 6.07) is 0. The molecule has 12 heavy (non-hydrogen) atoms. The molecule has 1 fully saturated rings. The van der Waals surface area contributed by atoms with Crippen molar-refractivity contribution in [2.45, 2.75) is 25.1 Å². The number of nitrogens with zero attached hydrogens (tertiary/aromatic N) is 1. The predicted octanol–water partition coefficient (Wildman–Crippen LogP) is 0.972. The lowest BCUT2D eigenvalue weighted by molar-refractivity contribution is -0.160. The van der Waals surface area contributed by atoms with Gasteiger partial charge < -0.3 is 5.73 Å². The summed E-state index contributed by atoms with van der Waals surface area (Å²) in [4.78, 5) is 1.32. The molecule has 0 radical (unpaired) electrons. The second kappa shape index (κ2) is 2.88. The number of likely N-dealkylation sites (tertiary alicyclic amines) is 1. The van der Waals surface area contributed by atoms with Crippen LogP contribution in [0.1, 0.15) is 13.3 Å². The maximum Gasteiger partial charge on any atom is 0.401 e. The Labute approximate surface area is 69.5 Å². The summed E-state index contributed by atoms with van der Waals surface area (Å²) < 4.78 is 35.4. The van der Waals surface area contributed by atoms with E-state index >= 15 is 0 Å². The Hall–Kier alpha value is -0.290. The third kappa shape index (κ3) is 2.35. The normalized spacial score (nSPS) is 23.8. The van der Waals surface area contributed by atoms with Gasteiger partial charge in [-0.3, -0.25) is 4.90 Å². The third-order valence-electron chi connectivity index (χ3n) is 2.18. The van der Waals surface area contributed by atoms with E-state index in [1.54, 1.807) is 0 Å². The van der Waals surface area contributed by atoms with Gasteiger partial charge in [0.15, 0.2) is 0 Å². The first-order valence-corrected chi connectivity index (χ1v) is 3.93. The van der Waals surface area contributed by atoms with Gasteiger partial charge in [-0.15, -0.1) is 0 Å². The van der Waals surface area contributed by atoms with Crippen molar-refractivity contribution in [3.05, 3.63) is 0 Å². The largest absolute Gasteiger partial charge is 0.401 e. The van der Waals surface area contributed by atoms with Gasteiger partial charge in [-0.05, 0) is 6.42 Å². The molecule has 2 N–H and O–H groups in total. The van der Waals surface area contributed by atoms with E-state index in [0.717, 1.165) is 6.42 Å². The minimum absolute atomic E-state index is 0.364. The molecule has 0 bridgehead atoms. The van der Waals surface area contributed by atoms with Gasteiger partial charge in [-0.1, -0.05) is 6.92 Å².